The Bertz CT molecular complexity index is 946. The topological polar surface area (TPSA) is 87.6 Å². The molecule has 1 fully saturated rings. The lowest BCUT2D eigenvalue weighted by Gasteiger charge is -2.19. The minimum absolute atomic E-state index is 0.0634. The zero-order valence-electron chi connectivity index (χ0n) is 17.9. The molecule has 0 atom stereocenters. The first-order valence-corrected chi connectivity index (χ1v) is 10.9. The Hall–Kier alpha value is -2.97. The van der Waals surface area contributed by atoms with E-state index in [1.54, 1.807) is 18.4 Å². The summed E-state index contributed by atoms with van der Waals surface area (Å²) in [4.78, 5) is 17.1. The number of carbonyl (C=O) groups excluding carboxylic acids is 1. The molecule has 164 valence electrons. The highest BCUT2D eigenvalue weighted by Crippen LogP contribution is 2.19. The molecule has 0 unspecified atom stereocenters. The summed E-state index contributed by atoms with van der Waals surface area (Å²) in [5.74, 6) is 1.27. The van der Waals surface area contributed by atoms with Crippen molar-refractivity contribution in [3.05, 3.63) is 54.1 Å². The second-order valence-corrected chi connectivity index (χ2v) is 7.92. The molecular weight excluding hydrogens is 394 g/mol. The average Bonchev–Trinajstić information content (AvgIpc) is 3.52. The van der Waals surface area contributed by atoms with Gasteiger partial charge in [-0.25, -0.2) is 0 Å². The van der Waals surface area contributed by atoms with Crippen LogP contribution in [-0.4, -0.2) is 52.1 Å². The molecule has 1 aliphatic rings. The summed E-state index contributed by atoms with van der Waals surface area (Å²) in [7, 11) is 0. The SMILES string of the molecule is CCCN(CC(=O)Nc1ccc(CN2CCCC2)cc1)Cc1nnc(-c2ccco2)o1. The molecular formula is C23H29N5O3. The number of amides is 1. The van der Waals surface area contributed by atoms with Crippen molar-refractivity contribution in [1.29, 1.82) is 0 Å². The number of rotatable bonds is 10. The van der Waals surface area contributed by atoms with E-state index in [-0.39, 0.29) is 12.5 Å². The van der Waals surface area contributed by atoms with E-state index in [2.05, 4.69) is 39.5 Å². The normalized spacial score (nSPS) is 14.4. The molecule has 1 saturated heterocycles. The fourth-order valence-electron chi connectivity index (χ4n) is 3.83. The lowest BCUT2D eigenvalue weighted by Crippen LogP contribution is -2.33. The van der Waals surface area contributed by atoms with Gasteiger partial charge >= 0.3 is 0 Å². The van der Waals surface area contributed by atoms with Crippen molar-refractivity contribution in [3.8, 4) is 11.7 Å². The summed E-state index contributed by atoms with van der Waals surface area (Å²) in [6.07, 6.45) is 5.05. The zero-order chi connectivity index (χ0) is 21.5. The molecule has 1 aliphatic heterocycles. The predicted octanol–water partition coefficient (Wildman–Crippen LogP) is 3.78. The van der Waals surface area contributed by atoms with Crippen LogP contribution in [0, 0.1) is 0 Å². The van der Waals surface area contributed by atoms with Gasteiger partial charge in [0.15, 0.2) is 5.76 Å². The summed E-state index contributed by atoms with van der Waals surface area (Å²) < 4.78 is 11.0. The van der Waals surface area contributed by atoms with E-state index in [0.29, 0.717) is 24.1 Å². The Kier molecular flexibility index (Phi) is 7.11. The fraction of sp³-hybridized carbons (Fsp3) is 0.435. The van der Waals surface area contributed by atoms with E-state index in [1.165, 1.54) is 31.5 Å². The lowest BCUT2D eigenvalue weighted by molar-refractivity contribution is -0.117. The Balaban J connectivity index is 1.30. The number of hydrogen-bond acceptors (Lipinski definition) is 7. The summed E-state index contributed by atoms with van der Waals surface area (Å²) >= 11 is 0. The van der Waals surface area contributed by atoms with E-state index in [9.17, 15) is 4.79 Å². The van der Waals surface area contributed by atoms with Crippen LogP contribution in [0.1, 0.15) is 37.6 Å². The maximum atomic E-state index is 12.6. The molecule has 3 heterocycles. The van der Waals surface area contributed by atoms with Crippen molar-refractivity contribution in [2.75, 3.05) is 31.5 Å². The Morgan fingerprint density at radius 2 is 1.97 bits per heavy atom. The zero-order valence-corrected chi connectivity index (χ0v) is 17.9. The quantitative estimate of drug-likeness (QED) is 0.531. The number of anilines is 1. The third-order valence-electron chi connectivity index (χ3n) is 5.31. The van der Waals surface area contributed by atoms with Gasteiger partial charge in [0, 0.05) is 12.2 Å². The maximum absolute atomic E-state index is 12.6. The van der Waals surface area contributed by atoms with Crippen LogP contribution in [0.2, 0.25) is 0 Å². The van der Waals surface area contributed by atoms with Gasteiger partial charge in [0.05, 0.1) is 19.4 Å². The minimum atomic E-state index is -0.0634. The first-order valence-electron chi connectivity index (χ1n) is 10.9. The standard InChI is InChI=1S/C23H29N5O3/c1-2-11-28(17-22-25-26-23(31-22)20-6-5-14-30-20)16-21(29)24-19-9-7-18(8-10-19)15-27-12-3-4-13-27/h5-10,14H,2-4,11-13,15-17H2,1H3,(H,24,29). The number of furan rings is 1. The third kappa shape index (κ3) is 6.02. The monoisotopic (exact) mass is 423 g/mol. The first-order chi connectivity index (χ1) is 15.2. The van der Waals surface area contributed by atoms with Crippen LogP contribution >= 0.6 is 0 Å². The van der Waals surface area contributed by atoms with Crippen LogP contribution in [0.5, 0.6) is 0 Å². The van der Waals surface area contributed by atoms with Crippen LogP contribution in [-0.2, 0) is 17.9 Å². The van der Waals surface area contributed by atoms with E-state index in [0.717, 1.165) is 25.2 Å². The Morgan fingerprint density at radius 3 is 2.68 bits per heavy atom. The lowest BCUT2D eigenvalue weighted by atomic mass is 10.2. The molecule has 0 spiro atoms. The Labute approximate surface area is 182 Å². The fourth-order valence-corrected chi connectivity index (χ4v) is 3.83. The van der Waals surface area contributed by atoms with E-state index < -0.39 is 0 Å². The van der Waals surface area contributed by atoms with E-state index in [1.807, 2.05) is 17.0 Å². The third-order valence-corrected chi connectivity index (χ3v) is 5.31. The maximum Gasteiger partial charge on any atom is 0.283 e. The largest absolute Gasteiger partial charge is 0.459 e. The van der Waals surface area contributed by atoms with Gasteiger partial charge in [-0.2, -0.15) is 0 Å². The van der Waals surface area contributed by atoms with Crippen molar-refractivity contribution >= 4 is 11.6 Å². The molecule has 0 saturated carbocycles. The van der Waals surface area contributed by atoms with E-state index >= 15 is 0 Å². The van der Waals surface area contributed by atoms with Gasteiger partial charge < -0.3 is 14.2 Å². The molecule has 31 heavy (non-hydrogen) atoms. The highest BCUT2D eigenvalue weighted by molar-refractivity contribution is 5.92. The second kappa shape index (κ2) is 10.4. The van der Waals surface area contributed by atoms with Gasteiger partial charge in [0.25, 0.3) is 5.89 Å². The van der Waals surface area contributed by atoms with Crippen molar-refractivity contribution in [2.45, 2.75) is 39.3 Å². The van der Waals surface area contributed by atoms with Crippen molar-refractivity contribution in [3.63, 3.8) is 0 Å². The van der Waals surface area contributed by atoms with Crippen LogP contribution < -0.4 is 5.32 Å². The number of hydrogen-bond donors (Lipinski definition) is 1. The molecule has 0 radical (unpaired) electrons. The molecule has 3 aromatic rings. The van der Waals surface area contributed by atoms with E-state index in [4.69, 9.17) is 8.83 Å². The van der Waals surface area contributed by atoms with Gasteiger partial charge in [0.2, 0.25) is 11.8 Å². The molecule has 1 aromatic carbocycles. The van der Waals surface area contributed by atoms with Crippen LogP contribution in [0.4, 0.5) is 5.69 Å². The second-order valence-electron chi connectivity index (χ2n) is 7.92. The van der Waals surface area contributed by atoms with Crippen LogP contribution in [0.3, 0.4) is 0 Å². The highest BCUT2D eigenvalue weighted by Gasteiger charge is 2.17. The average molecular weight is 424 g/mol. The Morgan fingerprint density at radius 1 is 1.16 bits per heavy atom. The van der Waals surface area contributed by atoms with Gasteiger partial charge in [0.1, 0.15) is 0 Å². The van der Waals surface area contributed by atoms with Crippen molar-refractivity contribution < 1.29 is 13.6 Å². The van der Waals surface area contributed by atoms with Gasteiger partial charge in [-0.1, -0.05) is 19.1 Å². The molecule has 1 N–H and O–H groups in total. The minimum Gasteiger partial charge on any atom is -0.459 e. The highest BCUT2D eigenvalue weighted by atomic mass is 16.4. The number of nitrogens with zero attached hydrogens (tertiary/aromatic N) is 4. The number of carbonyl (C=O) groups is 1. The number of aromatic nitrogens is 2. The van der Waals surface area contributed by atoms with Gasteiger partial charge in [-0.3, -0.25) is 14.6 Å². The van der Waals surface area contributed by atoms with Gasteiger partial charge in [-0.05, 0) is 68.7 Å². The van der Waals surface area contributed by atoms with Crippen molar-refractivity contribution in [1.82, 2.24) is 20.0 Å². The molecule has 0 bridgehead atoms. The molecule has 4 rings (SSSR count). The molecule has 0 aliphatic carbocycles. The summed E-state index contributed by atoms with van der Waals surface area (Å²) in [5, 5.41) is 11.1. The van der Waals surface area contributed by atoms with Gasteiger partial charge in [-0.15, -0.1) is 10.2 Å². The van der Waals surface area contributed by atoms with Crippen LogP contribution in [0.25, 0.3) is 11.7 Å². The number of likely N-dealkylation sites (tertiary alicyclic amines) is 1. The summed E-state index contributed by atoms with van der Waals surface area (Å²) in [6.45, 7) is 6.81. The summed E-state index contributed by atoms with van der Waals surface area (Å²) in [6, 6.07) is 11.7. The smallest absolute Gasteiger partial charge is 0.283 e. The molecule has 8 heteroatoms. The summed E-state index contributed by atoms with van der Waals surface area (Å²) in [5.41, 5.74) is 2.08. The molecule has 8 nitrogen and oxygen atoms in total. The number of nitrogens with one attached hydrogen (secondary N) is 1. The van der Waals surface area contributed by atoms with Crippen molar-refractivity contribution in [2.24, 2.45) is 0 Å². The molecule has 2 aromatic heterocycles. The van der Waals surface area contributed by atoms with Crippen LogP contribution in [0.15, 0.2) is 51.5 Å². The predicted molar refractivity (Wildman–Crippen MR) is 117 cm³/mol. The molecule has 1 amide bonds. The first kappa shape index (κ1) is 21.3. The number of benzene rings is 1.